The van der Waals surface area contributed by atoms with Gasteiger partial charge in [0.2, 0.25) is 5.91 Å². The molecule has 0 aliphatic heterocycles. The van der Waals surface area contributed by atoms with Crippen LogP contribution in [0.5, 0.6) is 0 Å². The Labute approximate surface area is 99.1 Å². The maximum atomic E-state index is 11.3. The van der Waals surface area contributed by atoms with Crippen molar-refractivity contribution in [3.8, 4) is 0 Å². The molecule has 0 aliphatic rings. The highest BCUT2D eigenvalue weighted by molar-refractivity contribution is 5.77. The van der Waals surface area contributed by atoms with E-state index in [1.807, 2.05) is 27.7 Å². The Morgan fingerprint density at radius 2 is 1.88 bits per heavy atom. The van der Waals surface area contributed by atoms with Crippen LogP contribution >= 0.6 is 0 Å². The first-order valence-electron chi connectivity index (χ1n) is 6.14. The summed E-state index contributed by atoms with van der Waals surface area (Å²) in [4.78, 5) is 11.3. The zero-order chi connectivity index (χ0) is 12.4. The maximum absolute atomic E-state index is 11.3. The second-order valence-electron chi connectivity index (χ2n) is 4.51. The molecule has 4 heteroatoms. The first-order chi connectivity index (χ1) is 7.52. The second-order valence-corrected chi connectivity index (χ2v) is 4.51. The van der Waals surface area contributed by atoms with Gasteiger partial charge in [0, 0.05) is 19.2 Å². The van der Waals surface area contributed by atoms with E-state index >= 15 is 0 Å². The van der Waals surface area contributed by atoms with Crippen molar-refractivity contribution >= 4 is 5.91 Å². The van der Waals surface area contributed by atoms with Crippen LogP contribution in [0.25, 0.3) is 0 Å². The lowest BCUT2D eigenvalue weighted by atomic mass is 10.3. The molecule has 0 unspecified atom stereocenters. The van der Waals surface area contributed by atoms with Crippen LogP contribution in [0.3, 0.4) is 0 Å². The highest BCUT2D eigenvalue weighted by atomic mass is 16.5. The standard InChI is InChI=1S/C12H26N2O2/c1-10(2)14-9-12(15)13-7-5-6-8-16-11(3)4/h10-11,14H,5-9H2,1-4H3,(H,13,15). The molecule has 0 saturated carbocycles. The third-order valence-electron chi connectivity index (χ3n) is 2.02. The number of unbranched alkanes of at least 4 members (excludes halogenated alkanes) is 1. The molecule has 0 rings (SSSR count). The molecule has 0 fully saturated rings. The van der Waals surface area contributed by atoms with Crippen molar-refractivity contribution < 1.29 is 9.53 Å². The van der Waals surface area contributed by atoms with E-state index in [2.05, 4.69) is 10.6 Å². The third kappa shape index (κ3) is 11.5. The van der Waals surface area contributed by atoms with Crippen LogP contribution in [0, 0.1) is 0 Å². The first kappa shape index (κ1) is 15.4. The van der Waals surface area contributed by atoms with E-state index in [9.17, 15) is 4.79 Å². The van der Waals surface area contributed by atoms with Gasteiger partial charge >= 0.3 is 0 Å². The lowest BCUT2D eigenvalue weighted by molar-refractivity contribution is -0.120. The SMILES string of the molecule is CC(C)NCC(=O)NCCCCOC(C)C. The Kier molecular flexibility index (Phi) is 9.24. The van der Waals surface area contributed by atoms with Crippen LogP contribution in [-0.4, -0.2) is 37.7 Å². The van der Waals surface area contributed by atoms with Gasteiger partial charge in [-0.2, -0.15) is 0 Å². The van der Waals surface area contributed by atoms with E-state index in [0.29, 0.717) is 18.7 Å². The first-order valence-corrected chi connectivity index (χ1v) is 6.14. The number of rotatable bonds is 9. The average Bonchev–Trinajstić information content (AvgIpc) is 2.19. The number of nitrogens with one attached hydrogen (secondary N) is 2. The van der Waals surface area contributed by atoms with Crippen LogP contribution in [-0.2, 0) is 9.53 Å². The predicted octanol–water partition coefficient (Wildman–Crippen LogP) is 1.31. The Balaban J connectivity index is 3.21. The lowest BCUT2D eigenvalue weighted by Crippen LogP contribution is -2.37. The Bertz CT molecular complexity index is 182. The molecule has 1 amide bonds. The van der Waals surface area contributed by atoms with Crippen molar-refractivity contribution in [1.29, 1.82) is 0 Å². The number of hydrogen-bond acceptors (Lipinski definition) is 3. The fourth-order valence-corrected chi connectivity index (χ4v) is 1.13. The second kappa shape index (κ2) is 9.60. The van der Waals surface area contributed by atoms with E-state index in [1.165, 1.54) is 0 Å². The molecular weight excluding hydrogens is 204 g/mol. The third-order valence-corrected chi connectivity index (χ3v) is 2.02. The summed E-state index contributed by atoms with van der Waals surface area (Å²) >= 11 is 0. The zero-order valence-electron chi connectivity index (χ0n) is 11.0. The van der Waals surface area contributed by atoms with E-state index in [0.717, 1.165) is 26.0 Å². The number of ether oxygens (including phenoxy) is 1. The summed E-state index contributed by atoms with van der Waals surface area (Å²) in [5.41, 5.74) is 0. The average molecular weight is 230 g/mol. The van der Waals surface area contributed by atoms with Crippen molar-refractivity contribution in [3.05, 3.63) is 0 Å². The molecule has 0 bridgehead atoms. The molecule has 0 aliphatic carbocycles. The normalized spacial score (nSPS) is 11.1. The van der Waals surface area contributed by atoms with Crippen LogP contribution in [0.1, 0.15) is 40.5 Å². The van der Waals surface area contributed by atoms with Crippen molar-refractivity contribution in [2.75, 3.05) is 19.7 Å². The summed E-state index contributed by atoms with van der Waals surface area (Å²) in [6.07, 6.45) is 2.26. The Morgan fingerprint density at radius 3 is 2.44 bits per heavy atom. The van der Waals surface area contributed by atoms with Gasteiger partial charge < -0.3 is 15.4 Å². The van der Waals surface area contributed by atoms with Gasteiger partial charge in [-0.15, -0.1) is 0 Å². The molecule has 0 aromatic carbocycles. The molecule has 0 atom stereocenters. The fourth-order valence-electron chi connectivity index (χ4n) is 1.13. The van der Waals surface area contributed by atoms with Crippen LogP contribution in [0.2, 0.25) is 0 Å². The van der Waals surface area contributed by atoms with E-state index in [1.54, 1.807) is 0 Å². The number of hydrogen-bond donors (Lipinski definition) is 2. The van der Waals surface area contributed by atoms with E-state index in [4.69, 9.17) is 4.74 Å². The highest BCUT2D eigenvalue weighted by Gasteiger charge is 2.01. The minimum atomic E-state index is 0.0680. The minimum absolute atomic E-state index is 0.0680. The van der Waals surface area contributed by atoms with Gasteiger partial charge in [-0.25, -0.2) is 0 Å². The molecule has 0 radical (unpaired) electrons. The van der Waals surface area contributed by atoms with Gasteiger partial charge in [0.25, 0.3) is 0 Å². The maximum Gasteiger partial charge on any atom is 0.233 e. The van der Waals surface area contributed by atoms with E-state index in [-0.39, 0.29) is 5.91 Å². The molecular formula is C12H26N2O2. The monoisotopic (exact) mass is 230 g/mol. The number of amides is 1. The largest absolute Gasteiger partial charge is 0.379 e. The van der Waals surface area contributed by atoms with Crippen LogP contribution in [0.4, 0.5) is 0 Å². The number of carbonyl (C=O) groups excluding carboxylic acids is 1. The van der Waals surface area contributed by atoms with Gasteiger partial charge in [-0.3, -0.25) is 4.79 Å². The Hall–Kier alpha value is -0.610. The molecule has 2 N–H and O–H groups in total. The minimum Gasteiger partial charge on any atom is -0.379 e. The molecule has 0 aromatic rings. The van der Waals surface area contributed by atoms with Crippen molar-refractivity contribution in [3.63, 3.8) is 0 Å². The fraction of sp³-hybridized carbons (Fsp3) is 0.917. The Morgan fingerprint density at radius 1 is 1.19 bits per heavy atom. The summed E-state index contributed by atoms with van der Waals surface area (Å²) in [5.74, 6) is 0.0680. The molecule has 4 nitrogen and oxygen atoms in total. The topological polar surface area (TPSA) is 50.4 Å². The van der Waals surface area contributed by atoms with Crippen molar-refractivity contribution in [2.45, 2.75) is 52.7 Å². The molecule has 0 saturated heterocycles. The molecule has 96 valence electrons. The van der Waals surface area contributed by atoms with Gasteiger partial charge in [0.1, 0.15) is 0 Å². The number of carbonyl (C=O) groups is 1. The van der Waals surface area contributed by atoms with Gasteiger partial charge in [0.05, 0.1) is 12.6 Å². The molecule has 0 aromatic heterocycles. The zero-order valence-corrected chi connectivity index (χ0v) is 11.0. The smallest absolute Gasteiger partial charge is 0.233 e. The van der Waals surface area contributed by atoms with Gasteiger partial charge in [-0.1, -0.05) is 13.8 Å². The summed E-state index contributed by atoms with van der Waals surface area (Å²) in [6, 6.07) is 0.352. The van der Waals surface area contributed by atoms with Crippen LogP contribution in [0.15, 0.2) is 0 Å². The summed E-state index contributed by atoms with van der Waals surface area (Å²) in [7, 11) is 0. The molecule has 16 heavy (non-hydrogen) atoms. The van der Waals surface area contributed by atoms with Crippen molar-refractivity contribution in [2.24, 2.45) is 0 Å². The van der Waals surface area contributed by atoms with E-state index < -0.39 is 0 Å². The quantitative estimate of drug-likeness (QED) is 0.587. The van der Waals surface area contributed by atoms with Gasteiger partial charge in [0.15, 0.2) is 0 Å². The van der Waals surface area contributed by atoms with Crippen molar-refractivity contribution in [1.82, 2.24) is 10.6 Å². The summed E-state index contributed by atoms with van der Waals surface area (Å²) < 4.78 is 5.40. The summed E-state index contributed by atoms with van der Waals surface area (Å²) in [6.45, 7) is 10.0. The van der Waals surface area contributed by atoms with Crippen LogP contribution < -0.4 is 10.6 Å². The summed E-state index contributed by atoms with van der Waals surface area (Å²) in [5, 5.41) is 5.94. The molecule has 0 spiro atoms. The van der Waals surface area contributed by atoms with Gasteiger partial charge in [-0.05, 0) is 26.7 Å². The lowest BCUT2D eigenvalue weighted by Gasteiger charge is -2.09. The predicted molar refractivity (Wildman–Crippen MR) is 66.5 cm³/mol. The highest BCUT2D eigenvalue weighted by Crippen LogP contribution is 1.93. The molecule has 0 heterocycles.